The molecule has 0 saturated heterocycles. The van der Waals surface area contributed by atoms with Crippen molar-refractivity contribution < 1.29 is 0 Å². The lowest BCUT2D eigenvalue weighted by Crippen LogP contribution is -2.14. The molecule has 2 heterocycles. The summed E-state index contributed by atoms with van der Waals surface area (Å²) in [5.74, 6) is 0.875. The van der Waals surface area contributed by atoms with Gasteiger partial charge in [0.15, 0.2) is 0 Å². The van der Waals surface area contributed by atoms with Crippen LogP contribution in [0.25, 0.3) is 5.69 Å². The molecule has 2 aromatic carbocycles. The molecule has 1 unspecified atom stereocenters. The average molecular weight is 357 g/mol. The first-order valence-corrected chi connectivity index (χ1v) is 9.06. The molecular formula is C22H23N5. The van der Waals surface area contributed by atoms with Gasteiger partial charge in [-0.3, -0.25) is 0 Å². The lowest BCUT2D eigenvalue weighted by Gasteiger charge is -2.18. The molecule has 0 aliphatic rings. The maximum atomic E-state index is 4.64. The second kappa shape index (κ2) is 7.11. The zero-order valence-electron chi connectivity index (χ0n) is 15.8. The first-order chi connectivity index (χ1) is 13.1. The maximum Gasteiger partial charge on any atom is 0.133 e. The molecule has 0 aliphatic heterocycles. The van der Waals surface area contributed by atoms with Crippen molar-refractivity contribution >= 4 is 5.69 Å². The van der Waals surface area contributed by atoms with Crippen molar-refractivity contribution in [1.82, 2.24) is 19.7 Å². The third-order valence-corrected chi connectivity index (χ3v) is 4.83. The summed E-state index contributed by atoms with van der Waals surface area (Å²) in [5.41, 5.74) is 6.72. The minimum Gasteiger partial charge on any atom is -0.369 e. The molecule has 0 bridgehead atoms. The number of imidazole rings is 1. The summed E-state index contributed by atoms with van der Waals surface area (Å²) in [6, 6.07) is 16.7. The largest absolute Gasteiger partial charge is 0.369 e. The number of H-pyrrole nitrogens is 1. The molecule has 0 spiro atoms. The molecule has 0 amide bonds. The molecule has 1 atom stereocenters. The number of aromatic nitrogens is 4. The molecule has 0 saturated carbocycles. The number of anilines is 1. The summed E-state index contributed by atoms with van der Waals surface area (Å²) in [4.78, 5) is 7.69. The molecule has 5 heteroatoms. The van der Waals surface area contributed by atoms with Crippen molar-refractivity contribution in [2.75, 3.05) is 5.32 Å². The Morgan fingerprint density at radius 3 is 2.59 bits per heavy atom. The molecular weight excluding hydrogens is 334 g/mol. The van der Waals surface area contributed by atoms with Gasteiger partial charge in [0.05, 0.1) is 23.3 Å². The summed E-state index contributed by atoms with van der Waals surface area (Å²) < 4.78 is 1.99. The average Bonchev–Trinajstić information content (AvgIpc) is 3.33. The minimum atomic E-state index is -0.0730. The smallest absolute Gasteiger partial charge is 0.133 e. The third kappa shape index (κ3) is 3.36. The van der Waals surface area contributed by atoms with E-state index in [-0.39, 0.29) is 6.04 Å². The predicted molar refractivity (Wildman–Crippen MR) is 108 cm³/mol. The second-order valence-electron chi connectivity index (χ2n) is 6.81. The van der Waals surface area contributed by atoms with E-state index in [1.807, 2.05) is 35.3 Å². The third-order valence-electron chi connectivity index (χ3n) is 4.83. The van der Waals surface area contributed by atoms with E-state index in [1.54, 1.807) is 6.20 Å². The Bertz CT molecular complexity index is 1030. The van der Waals surface area contributed by atoms with E-state index in [2.05, 4.69) is 71.5 Å². The van der Waals surface area contributed by atoms with Crippen LogP contribution in [0.2, 0.25) is 0 Å². The van der Waals surface area contributed by atoms with Crippen LogP contribution in [0.4, 0.5) is 5.69 Å². The Morgan fingerprint density at radius 2 is 1.85 bits per heavy atom. The summed E-state index contributed by atoms with van der Waals surface area (Å²) in [5, 5.41) is 8.25. The molecule has 0 aliphatic carbocycles. The number of hydrogen-bond acceptors (Lipinski definition) is 3. The molecule has 27 heavy (non-hydrogen) atoms. The first-order valence-electron chi connectivity index (χ1n) is 9.06. The van der Waals surface area contributed by atoms with E-state index in [0.717, 1.165) is 28.5 Å². The topological polar surface area (TPSA) is 58.5 Å². The maximum absolute atomic E-state index is 4.64. The van der Waals surface area contributed by atoms with E-state index in [1.165, 1.54) is 11.1 Å². The van der Waals surface area contributed by atoms with Crippen molar-refractivity contribution in [2.24, 2.45) is 0 Å². The van der Waals surface area contributed by atoms with Gasteiger partial charge in [-0.25, -0.2) is 9.67 Å². The van der Waals surface area contributed by atoms with Gasteiger partial charge in [-0.15, -0.1) is 0 Å². The van der Waals surface area contributed by atoms with Crippen LogP contribution in [0, 0.1) is 20.8 Å². The fourth-order valence-corrected chi connectivity index (χ4v) is 3.29. The highest BCUT2D eigenvalue weighted by molar-refractivity contribution is 5.54. The predicted octanol–water partition coefficient (Wildman–Crippen LogP) is 4.72. The zero-order valence-corrected chi connectivity index (χ0v) is 15.8. The van der Waals surface area contributed by atoms with Gasteiger partial charge in [-0.1, -0.05) is 42.5 Å². The number of benzene rings is 2. The van der Waals surface area contributed by atoms with Gasteiger partial charge in [-0.05, 0) is 43.5 Å². The van der Waals surface area contributed by atoms with Crippen LogP contribution in [0.3, 0.4) is 0 Å². The van der Waals surface area contributed by atoms with Gasteiger partial charge in [0.1, 0.15) is 11.9 Å². The Labute approximate surface area is 159 Å². The van der Waals surface area contributed by atoms with Crippen molar-refractivity contribution in [1.29, 1.82) is 0 Å². The van der Waals surface area contributed by atoms with Crippen molar-refractivity contribution in [3.05, 3.63) is 95.3 Å². The normalized spacial score (nSPS) is 12.1. The van der Waals surface area contributed by atoms with Crippen LogP contribution < -0.4 is 5.32 Å². The van der Waals surface area contributed by atoms with Crippen LogP contribution >= 0.6 is 0 Å². The van der Waals surface area contributed by atoms with E-state index in [0.29, 0.717) is 0 Å². The van der Waals surface area contributed by atoms with E-state index in [4.69, 9.17) is 0 Å². The monoisotopic (exact) mass is 357 g/mol. The molecule has 136 valence electrons. The molecule has 0 fully saturated rings. The van der Waals surface area contributed by atoms with Crippen LogP contribution in [-0.4, -0.2) is 19.7 Å². The van der Waals surface area contributed by atoms with Gasteiger partial charge in [0.2, 0.25) is 0 Å². The second-order valence-corrected chi connectivity index (χ2v) is 6.81. The number of nitrogens with one attached hydrogen (secondary N) is 2. The Morgan fingerprint density at radius 1 is 1.04 bits per heavy atom. The molecule has 0 radical (unpaired) electrons. The van der Waals surface area contributed by atoms with Crippen LogP contribution in [0.5, 0.6) is 0 Å². The zero-order chi connectivity index (χ0) is 18.8. The highest BCUT2D eigenvalue weighted by Gasteiger charge is 2.19. The number of hydrogen-bond donors (Lipinski definition) is 2. The number of rotatable bonds is 5. The minimum absolute atomic E-state index is 0.0730. The summed E-state index contributed by atoms with van der Waals surface area (Å²) in [6.07, 6.45) is 5.51. The quantitative estimate of drug-likeness (QED) is 0.543. The van der Waals surface area contributed by atoms with Gasteiger partial charge < -0.3 is 10.3 Å². The summed E-state index contributed by atoms with van der Waals surface area (Å²) in [7, 11) is 0. The Hall–Kier alpha value is -3.34. The van der Waals surface area contributed by atoms with Crippen LogP contribution in [0.15, 0.2) is 67.1 Å². The lowest BCUT2D eigenvalue weighted by molar-refractivity contribution is 0.833. The Balaban J connectivity index is 1.71. The van der Waals surface area contributed by atoms with E-state index < -0.39 is 0 Å². The number of nitrogens with zero attached hydrogens (tertiary/aromatic N) is 3. The summed E-state index contributed by atoms with van der Waals surface area (Å²) >= 11 is 0. The van der Waals surface area contributed by atoms with E-state index in [9.17, 15) is 0 Å². The molecule has 5 nitrogen and oxygen atoms in total. The fraction of sp³-hybridized carbons (Fsp3) is 0.182. The molecule has 4 aromatic rings. The van der Waals surface area contributed by atoms with Crippen molar-refractivity contribution in [3.8, 4) is 5.69 Å². The van der Waals surface area contributed by atoms with Crippen molar-refractivity contribution in [2.45, 2.75) is 26.8 Å². The van der Waals surface area contributed by atoms with Crippen molar-refractivity contribution in [3.63, 3.8) is 0 Å². The number of aromatic amines is 1. The highest BCUT2D eigenvalue weighted by Crippen LogP contribution is 2.28. The highest BCUT2D eigenvalue weighted by atomic mass is 15.3. The fourth-order valence-electron chi connectivity index (χ4n) is 3.29. The summed E-state index contributed by atoms with van der Waals surface area (Å²) in [6.45, 7) is 6.29. The lowest BCUT2D eigenvalue weighted by atomic mass is 10.1. The van der Waals surface area contributed by atoms with Crippen LogP contribution in [0.1, 0.15) is 34.3 Å². The van der Waals surface area contributed by atoms with E-state index >= 15 is 0 Å². The Kier molecular flexibility index (Phi) is 4.50. The molecule has 2 aromatic heterocycles. The van der Waals surface area contributed by atoms with Gasteiger partial charge >= 0.3 is 0 Å². The van der Waals surface area contributed by atoms with Gasteiger partial charge in [0.25, 0.3) is 0 Å². The standard InChI is InChI=1S/C22H23N5/c1-15-9-10-16(2)20(13-15)27-17(3)19(14-25-27)26-21(22-23-11-12-24-22)18-7-5-4-6-8-18/h4-14,21,26H,1-3H3,(H,23,24). The van der Waals surface area contributed by atoms with Gasteiger partial charge in [-0.2, -0.15) is 5.10 Å². The molecule has 2 N–H and O–H groups in total. The number of aryl methyl sites for hydroxylation is 2. The van der Waals surface area contributed by atoms with Crippen LogP contribution in [-0.2, 0) is 0 Å². The first kappa shape index (κ1) is 17.1. The molecule has 4 rings (SSSR count). The SMILES string of the molecule is Cc1ccc(C)c(-n2ncc(NC(c3ccccc3)c3ncc[nH]3)c2C)c1. The van der Waals surface area contributed by atoms with Gasteiger partial charge in [0, 0.05) is 12.4 Å².